The molecule has 0 N–H and O–H groups in total. The number of nitro benzene ring substituents is 1. The molecule has 170 valence electrons. The summed E-state index contributed by atoms with van der Waals surface area (Å²) in [5.41, 5.74) is 0.789. The number of hydrogen-bond donors (Lipinski definition) is 0. The predicted molar refractivity (Wildman–Crippen MR) is 130 cm³/mol. The second-order valence-corrected chi connectivity index (χ2v) is 11.7. The van der Waals surface area contributed by atoms with Gasteiger partial charge in [-0.15, -0.1) is 23.1 Å². The Labute approximate surface area is 204 Å². The maximum Gasteiger partial charge on any atom is 0.269 e. The number of aromatic nitrogens is 2. The number of halogens is 2. The molecule has 0 aliphatic carbocycles. The van der Waals surface area contributed by atoms with Crippen molar-refractivity contribution >= 4 is 77.3 Å². The molecule has 13 heteroatoms. The summed E-state index contributed by atoms with van der Waals surface area (Å²) in [6.45, 7) is 3.44. The number of non-ortho nitro benzene ring substituents is 1. The molecule has 2 heterocycles. The third-order valence-electron chi connectivity index (χ3n) is 4.82. The molecule has 0 spiro atoms. The molecular weight excluding hydrogens is 555 g/mol. The maximum atomic E-state index is 14.3. The molecule has 2 aromatic carbocycles. The first-order valence-corrected chi connectivity index (χ1v) is 13.4. The molecule has 0 amide bonds. The minimum absolute atomic E-state index is 0.0236. The van der Waals surface area contributed by atoms with Gasteiger partial charge in [0.05, 0.1) is 42.8 Å². The molecule has 0 unspecified atom stereocenters. The van der Waals surface area contributed by atoms with Crippen molar-refractivity contribution in [3.63, 3.8) is 0 Å². The standard InChI is InChI=1S/C20H14BrFN4O4S3/c1-23-18-8-17(20(31-2)32-18)33(29,30)13-6-14(21)19-16(7-13)24-10-25(19)9-11-5-12(26(27)28)3-4-15(11)22/h3-8,10H,1,9H2,2H3. The van der Waals surface area contributed by atoms with Crippen LogP contribution in [0, 0.1) is 15.9 Å². The van der Waals surface area contributed by atoms with Crippen LogP contribution < -0.4 is 0 Å². The Morgan fingerprint density at radius 2 is 2.09 bits per heavy atom. The van der Waals surface area contributed by atoms with Crippen LogP contribution in [0.15, 0.2) is 66.2 Å². The molecule has 2 aromatic heterocycles. The number of sulfone groups is 1. The maximum absolute atomic E-state index is 14.3. The van der Waals surface area contributed by atoms with Crippen LogP contribution in [0.4, 0.5) is 15.1 Å². The van der Waals surface area contributed by atoms with E-state index in [0.717, 1.165) is 12.1 Å². The summed E-state index contributed by atoms with van der Waals surface area (Å²) in [7, 11) is -3.87. The van der Waals surface area contributed by atoms with E-state index >= 15 is 0 Å². The fraction of sp³-hybridized carbons (Fsp3) is 0.100. The number of nitrogens with zero attached hydrogens (tertiary/aromatic N) is 4. The predicted octanol–water partition coefficient (Wildman–Crippen LogP) is 5.84. The summed E-state index contributed by atoms with van der Waals surface area (Å²) in [5.74, 6) is -0.591. The molecule has 4 aromatic rings. The molecule has 33 heavy (non-hydrogen) atoms. The molecule has 0 saturated carbocycles. The minimum Gasteiger partial charge on any atom is -0.325 e. The number of nitro groups is 1. The Balaban J connectivity index is 1.78. The van der Waals surface area contributed by atoms with Gasteiger partial charge in [-0.1, -0.05) is 0 Å². The smallest absolute Gasteiger partial charge is 0.269 e. The van der Waals surface area contributed by atoms with Crippen molar-refractivity contribution in [1.82, 2.24) is 9.55 Å². The number of hydrogen-bond acceptors (Lipinski definition) is 8. The Morgan fingerprint density at radius 3 is 2.76 bits per heavy atom. The number of thioether (sulfide) groups is 1. The third kappa shape index (κ3) is 4.33. The lowest BCUT2D eigenvalue weighted by atomic mass is 10.2. The van der Waals surface area contributed by atoms with Crippen LogP contribution in [0.25, 0.3) is 11.0 Å². The van der Waals surface area contributed by atoms with Gasteiger partial charge in [0.1, 0.15) is 10.8 Å². The number of fused-ring (bicyclic) bond motifs is 1. The van der Waals surface area contributed by atoms with Crippen LogP contribution in [-0.4, -0.2) is 35.9 Å². The molecule has 0 aliphatic rings. The summed E-state index contributed by atoms with van der Waals surface area (Å²) >= 11 is 5.95. The summed E-state index contributed by atoms with van der Waals surface area (Å²) in [6.07, 6.45) is 3.22. The third-order valence-corrected chi connectivity index (χ3v) is 9.64. The Hall–Kier alpha value is -2.61. The SMILES string of the molecule is C=Nc1cc(S(=O)(=O)c2cc(Br)c3c(c2)ncn3Cc2cc([N+](=O)[O-])ccc2F)c(SC)s1. The summed E-state index contributed by atoms with van der Waals surface area (Å²) in [4.78, 5) is 18.7. The van der Waals surface area contributed by atoms with Gasteiger partial charge in [0.2, 0.25) is 9.84 Å². The molecule has 8 nitrogen and oxygen atoms in total. The average molecular weight is 569 g/mol. The lowest BCUT2D eigenvalue weighted by Crippen LogP contribution is -2.04. The van der Waals surface area contributed by atoms with E-state index < -0.39 is 20.6 Å². The molecule has 0 aliphatic heterocycles. The normalized spacial score (nSPS) is 11.7. The largest absolute Gasteiger partial charge is 0.325 e. The van der Waals surface area contributed by atoms with Crippen molar-refractivity contribution < 1.29 is 17.7 Å². The van der Waals surface area contributed by atoms with Gasteiger partial charge < -0.3 is 4.57 Å². The highest BCUT2D eigenvalue weighted by molar-refractivity contribution is 9.10. The van der Waals surface area contributed by atoms with E-state index in [9.17, 15) is 22.9 Å². The van der Waals surface area contributed by atoms with Gasteiger partial charge in [0.25, 0.3) is 5.69 Å². The van der Waals surface area contributed by atoms with Crippen molar-refractivity contribution in [1.29, 1.82) is 0 Å². The van der Waals surface area contributed by atoms with Crippen LogP contribution in [-0.2, 0) is 16.4 Å². The summed E-state index contributed by atoms with van der Waals surface area (Å²) in [6, 6.07) is 7.70. The van der Waals surface area contributed by atoms with Crippen LogP contribution in [0.5, 0.6) is 0 Å². The highest BCUT2D eigenvalue weighted by Crippen LogP contribution is 2.41. The fourth-order valence-electron chi connectivity index (χ4n) is 3.27. The van der Waals surface area contributed by atoms with Crippen molar-refractivity contribution in [2.75, 3.05) is 6.26 Å². The van der Waals surface area contributed by atoms with Crippen molar-refractivity contribution in [3.8, 4) is 0 Å². The topological polar surface area (TPSA) is 107 Å². The lowest BCUT2D eigenvalue weighted by Gasteiger charge is -2.09. The van der Waals surface area contributed by atoms with Crippen molar-refractivity contribution in [2.45, 2.75) is 20.5 Å². The number of thiophene rings is 1. The van der Waals surface area contributed by atoms with Crippen LogP contribution >= 0.6 is 39.0 Å². The lowest BCUT2D eigenvalue weighted by molar-refractivity contribution is -0.385. The van der Waals surface area contributed by atoms with Gasteiger partial charge in [-0.3, -0.25) is 15.1 Å². The number of rotatable bonds is 7. The molecule has 0 fully saturated rings. The first-order valence-electron chi connectivity index (χ1n) is 9.12. The van der Waals surface area contributed by atoms with Gasteiger partial charge in [-0.05, 0) is 53.2 Å². The second kappa shape index (κ2) is 8.97. The molecule has 4 rings (SSSR count). The number of benzene rings is 2. The van der Waals surface area contributed by atoms with Gasteiger partial charge in [0, 0.05) is 22.2 Å². The zero-order valence-corrected chi connectivity index (χ0v) is 20.9. The number of aliphatic imine (C=N–C) groups is 1. The summed E-state index contributed by atoms with van der Waals surface area (Å²) in [5, 5.41) is 11.5. The Bertz CT molecular complexity index is 1530. The van der Waals surface area contributed by atoms with Gasteiger partial charge >= 0.3 is 0 Å². The molecular formula is C20H14BrFN4O4S3. The molecule has 0 bridgehead atoms. The quantitative estimate of drug-likeness (QED) is 0.120. The van der Waals surface area contributed by atoms with E-state index in [1.807, 2.05) is 0 Å². The van der Waals surface area contributed by atoms with E-state index in [1.54, 1.807) is 10.8 Å². The average Bonchev–Trinajstić information content (AvgIpc) is 3.39. The van der Waals surface area contributed by atoms with E-state index in [0.29, 0.717) is 24.7 Å². The minimum atomic E-state index is -3.87. The van der Waals surface area contributed by atoms with Crippen LogP contribution in [0.1, 0.15) is 5.56 Å². The van der Waals surface area contributed by atoms with Crippen molar-refractivity contribution in [2.24, 2.45) is 4.99 Å². The zero-order valence-electron chi connectivity index (χ0n) is 16.9. The van der Waals surface area contributed by atoms with E-state index in [2.05, 4.69) is 32.6 Å². The molecule has 0 atom stereocenters. The highest BCUT2D eigenvalue weighted by Gasteiger charge is 2.26. The second-order valence-electron chi connectivity index (χ2n) is 6.78. The first-order chi connectivity index (χ1) is 15.6. The molecule has 0 saturated heterocycles. The summed E-state index contributed by atoms with van der Waals surface area (Å²) < 4.78 is 43.6. The Kier molecular flexibility index (Phi) is 6.40. The van der Waals surface area contributed by atoms with E-state index in [1.165, 1.54) is 53.7 Å². The van der Waals surface area contributed by atoms with Gasteiger partial charge in [-0.25, -0.2) is 17.8 Å². The molecule has 0 radical (unpaired) electrons. The van der Waals surface area contributed by atoms with Crippen molar-refractivity contribution in [3.05, 3.63) is 68.7 Å². The van der Waals surface area contributed by atoms with Crippen LogP contribution in [0.3, 0.4) is 0 Å². The van der Waals surface area contributed by atoms with Gasteiger partial charge in [-0.2, -0.15) is 0 Å². The fourth-order valence-corrected chi connectivity index (χ4v) is 7.92. The first kappa shape index (κ1) is 23.5. The number of imidazole rings is 1. The van der Waals surface area contributed by atoms with Crippen LogP contribution in [0.2, 0.25) is 0 Å². The van der Waals surface area contributed by atoms with E-state index in [4.69, 9.17) is 0 Å². The Morgan fingerprint density at radius 1 is 1.33 bits per heavy atom. The van der Waals surface area contributed by atoms with E-state index in [-0.39, 0.29) is 27.6 Å². The van der Waals surface area contributed by atoms with Gasteiger partial charge in [0.15, 0.2) is 0 Å². The highest BCUT2D eigenvalue weighted by atomic mass is 79.9. The monoisotopic (exact) mass is 568 g/mol. The zero-order chi connectivity index (χ0) is 23.9.